The summed E-state index contributed by atoms with van der Waals surface area (Å²) in [6, 6.07) is 11.4. The summed E-state index contributed by atoms with van der Waals surface area (Å²) in [5.41, 5.74) is 2.49. The number of hydrogen-bond donors (Lipinski definition) is 1. The maximum Gasteiger partial charge on any atom is 0.307 e. The van der Waals surface area contributed by atoms with E-state index < -0.39 is 5.97 Å². The number of carbonyl (C=O) groups is 3. The molecule has 5 nitrogen and oxygen atoms in total. The molecule has 0 saturated carbocycles. The van der Waals surface area contributed by atoms with E-state index in [4.69, 9.17) is 11.6 Å². The average molecular weight is 356 g/mol. The lowest BCUT2D eigenvalue weighted by molar-refractivity contribution is -0.136. The fourth-order valence-corrected chi connectivity index (χ4v) is 3.06. The third-order valence-corrected chi connectivity index (χ3v) is 4.37. The van der Waals surface area contributed by atoms with Crippen LogP contribution in [0.4, 0.5) is 0 Å². The van der Waals surface area contributed by atoms with E-state index in [0.717, 1.165) is 0 Å². The fourth-order valence-electron chi connectivity index (χ4n) is 2.93. The summed E-state index contributed by atoms with van der Waals surface area (Å²) >= 11 is 5.87. The van der Waals surface area contributed by atoms with Gasteiger partial charge in [0.25, 0.3) is 5.91 Å². The summed E-state index contributed by atoms with van der Waals surface area (Å²) in [5.74, 6) is -1.28. The topological polar surface area (TPSA) is 76.4 Å². The van der Waals surface area contributed by atoms with Crippen LogP contribution in [0.5, 0.6) is 0 Å². The van der Waals surface area contributed by atoms with Gasteiger partial charge >= 0.3 is 5.97 Å². The molecule has 25 heavy (non-hydrogen) atoms. The van der Waals surface area contributed by atoms with Crippen LogP contribution in [0.25, 0.3) is 10.9 Å². The minimum atomic E-state index is -1.00. The summed E-state index contributed by atoms with van der Waals surface area (Å²) in [6.07, 6.45) is 0.462. The lowest BCUT2D eigenvalue weighted by Gasteiger charge is -2.07. The number of rotatable bonds is 4. The van der Waals surface area contributed by atoms with Crippen LogP contribution in [0.15, 0.2) is 42.5 Å². The van der Waals surface area contributed by atoms with Crippen molar-refractivity contribution < 1.29 is 19.5 Å². The second-order valence-electron chi connectivity index (χ2n) is 5.68. The molecule has 0 saturated heterocycles. The van der Waals surface area contributed by atoms with Crippen LogP contribution in [0, 0.1) is 6.92 Å². The molecule has 2 aromatic carbocycles. The highest BCUT2D eigenvalue weighted by Crippen LogP contribution is 2.28. The Hall–Kier alpha value is -2.92. The monoisotopic (exact) mass is 355 g/mol. The number of carboxylic acids is 1. The van der Waals surface area contributed by atoms with Crippen LogP contribution in [-0.2, 0) is 11.2 Å². The van der Waals surface area contributed by atoms with Crippen molar-refractivity contribution in [3.05, 3.63) is 69.9 Å². The number of carboxylic acid groups (broad SMARTS) is 1. The zero-order valence-corrected chi connectivity index (χ0v) is 14.1. The molecule has 1 N–H and O–H groups in total. The Morgan fingerprint density at radius 1 is 1.16 bits per heavy atom. The number of nitrogens with zero attached hydrogens (tertiary/aromatic N) is 1. The van der Waals surface area contributed by atoms with Crippen LogP contribution in [0.3, 0.4) is 0 Å². The van der Waals surface area contributed by atoms with Crippen molar-refractivity contribution in [2.24, 2.45) is 0 Å². The Bertz CT molecular complexity index is 1000. The van der Waals surface area contributed by atoms with Crippen molar-refractivity contribution in [2.45, 2.75) is 13.3 Å². The highest BCUT2D eigenvalue weighted by Gasteiger charge is 2.21. The number of hydrogen-bond acceptors (Lipinski definition) is 3. The molecular formula is C19H14ClNO4. The Morgan fingerprint density at radius 3 is 2.44 bits per heavy atom. The Morgan fingerprint density at radius 2 is 1.84 bits per heavy atom. The van der Waals surface area contributed by atoms with E-state index >= 15 is 0 Å². The normalized spacial score (nSPS) is 10.8. The minimum Gasteiger partial charge on any atom is -0.481 e. The molecule has 0 amide bonds. The number of aldehydes is 1. The molecule has 0 fully saturated rings. The lowest BCUT2D eigenvalue weighted by Crippen LogP contribution is -2.14. The van der Waals surface area contributed by atoms with Crippen molar-refractivity contribution in [1.29, 1.82) is 0 Å². The van der Waals surface area contributed by atoms with Gasteiger partial charge in [0.1, 0.15) is 6.29 Å². The van der Waals surface area contributed by atoms with Gasteiger partial charge in [0.15, 0.2) is 0 Å². The van der Waals surface area contributed by atoms with Crippen molar-refractivity contribution >= 4 is 40.7 Å². The van der Waals surface area contributed by atoms with Crippen LogP contribution in [0.2, 0.25) is 5.02 Å². The molecule has 126 valence electrons. The molecule has 3 aromatic rings. The molecule has 0 aliphatic rings. The molecule has 0 radical (unpaired) electrons. The van der Waals surface area contributed by atoms with E-state index in [0.29, 0.717) is 44.6 Å². The second kappa shape index (κ2) is 6.53. The number of halogens is 1. The van der Waals surface area contributed by atoms with Crippen LogP contribution < -0.4 is 0 Å². The predicted octanol–water partition coefficient (Wildman–Crippen LogP) is 3.73. The van der Waals surface area contributed by atoms with Crippen molar-refractivity contribution in [3.8, 4) is 0 Å². The van der Waals surface area contributed by atoms with Gasteiger partial charge in [-0.2, -0.15) is 0 Å². The van der Waals surface area contributed by atoms with Crippen LogP contribution >= 0.6 is 11.6 Å². The summed E-state index contributed by atoms with van der Waals surface area (Å²) < 4.78 is 1.48. The molecule has 0 atom stereocenters. The van der Waals surface area contributed by atoms with Gasteiger partial charge in [-0.05, 0) is 55.0 Å². The van der Waals surface area contributed by atoms with Gasteiger partial charge < -0.3 is 5.11 Å². The lowest BCUT2D eigenvalue weighted by atomic mass is 10.1. The zero-order valence-electron chi connectivity index (χ0n) is 13.3. The molecule has 6 heteroatoms. The highest BCUT2D eigenvalue weighted by molar-refractivity contribution is 6.30. The van der Waals surface area contributed by atoms with Gasteiger partial charge in [-0.15, -0.1) is 0 Å². The number of aliphatic carboxylic acids is 1. The van der Waals surface area contributed by atoms with E-state index in [9.17, 15) is 19.5 Å². The van der Waals surface area contributed by atoms with E-state index in [1.807, 2.05) is 0 Å². The molecule has 0 unspecified atom stereocenters. The third-order valence-electron chi connectivity index (χ3n) is 4.12. The van der Waals surface area contributed by atoms with E-state index in [1.165, 1.54) is 4.57 Å². The van der Waals surface area contributed by atoms with Crippen LogP contribution in [0.1, 0.15) is 32.0 Å². The van der Waals surface area contributed by atoms with Gasteiger partial charge in [0.2, 0.25) is 0 Å². The summed E-state index contributed by atoms with van der Waals surface area (Å²) in [7, 11) is 0. The number of carbonyl (C=O) groups excluding carboxylic acids is 2. The van der Waals surface area contributed by atoms with Gasteiger partial charge in [-0.1, -0.05) is 11.6 Å². The summed E-state index contributed by atoms with van der Waals surface area (Å²) in [4.78, 5) is 35.2. The Balaban J connectivity index is 2.25. The maximum atomic E-state index is 12.9. The molecular weight excluding hydrogens is 342 g/mol. The van der Waals surface area contributed by atoms with Gasteiger partial charge in [-0.3, -0.25) is 19.0 Å². The molecule has 0 aliphatic heterocycles. The van der Waals surface area contributed by atoms with Crippen molar-refractivity contribution in [3.63, 3.8) is 0 Å². The number of fused-ring (bicyclic) bond motifs is 1. The van der Waals surface area contributed by atoms with Crippen LogP contribution in [-0.4, -0.2) is 27.8 Å². The third kappa shape index (κ3) is 3.06. The van der Waals surface area contributed by atoms with E-state index in [2.05, 4.69) is 0 Å². The van der Waals surface area contributed by atoms with Gasteiger partial charge in [0.05, 0.1) is 11.9 Å². The largest absolute Gasteiger partial charge is 0.481 e. The molecule has 0 bridgehead atoms. The Kier molecular flexibility index (Phi) is 4.42. The van der Waals surface area contributed by atoms with E-state index in [1.54, 1.807) is 49.4 Å². The standard InChI is InChI=1S/C19H14ClNO4/c1-11-15(9-18(23)24)16-8-12(10-22)2-7-17(16)21(11)19(25)13-3-5-14(20)6-4-13/h2-8,10H,9H2,1H3,(H,23,24). The minimum absolute atomic E-state index is 0.231. The quantitative estimate of drug-likeness (QED) is 0.723. The van der Waals surface area contributed by atoms with Crippen molar-refractivity contribution in [1.82, 2.24) is 4.57 Å². The van der Waals surface area contributed by atoms with Crippen molar-refractivity contribution in [2.75, 3.05) is 0 Å². The molecule has 1 aromatic heterocycles. The first-order valence-corrected chi connectivity index (χ1v) is 7.91. The smallest absolute Gasteiger partial charge is 0.307 e. The zero-order chi connectivity index (χ0) is 18.1. The van der Waals surface area contributed by atoms with Gasteiger partial charge in [0, 0.05) is 27.2 Å². The fraction of sp³-hybridized carbons (Fsp3) is 0.105. The van der Waals surface area contributed by atoms with E-state index in [-0.39, 0.29) is 12.3 Å². The highest BCUT2D eigenvalue weighted by atomic mass is 35.5. The predicted molar refractivity (Wildman–Crippen MR) is 94.6 cm³/mol. The second-order valence-corrected chi connectivity index (χ2v) is 6.11. The first-order valence-electron chi connectivity index (χ1n) is 7.53. The summed E-state index contributed by atoms with van der Waals surface area (Å²) in [5, 5.41) is 10.3. The molecule has 1 heterocycles. The number of benzene rings is 2. The SMILES string of the molecule is Cc1c(CC(=O)O)c2cc(C=O)ccc2n1C(=O)c1ccc(Cl)cc1. The maximum absolute atomic E-state index is 12.9. The van der Waals surface area contributed by atoms with Gasteiger partial charge in [-0.25, -0.2) is 0 Å². The first-order chi connectivity index (χ1) is 11.9. The summed E-state index contributed by atoms with van der Waals surface area (Å²) in [6.45, 7) is 1.70. The average Bonchev–Trinajstić information content (AvgIpc) is 2.86. The molecule has 0 aliphatic carbocycles. The first kappa shape index (κ1) is 16.9. The Labute approximate surface area is 148 Å². The number of aromatic nitrogens is 1. The molecule has 0 spiro atoms. The molecule has 3 rings (SSSR count).